The number of aliphatic hydroxyl groups is 1. The Kier molecular flexibility index (Phi) is 5.22. The van der Waals surface area contributed by atoms with E-state index in [0.717, 1.165) is 32.1 Å². The third-order valence-corrected chi connectivity index (χ3v) is 6.24. The van der Waals surface area contributed by atoms with Gasteiger partial charge >= 0.3 is 0 Å². The van der Waals surface area contributed by atoms with Crippen LogP contribution in [0.1, 0.15) is 39.0 Å². The molecule has 0 radical (unpaired) electrons. The lowest BCUT2D eigenvalue weighted by Crippen LogP contribution is -2.46. The van der Waals surface area contributed by atoms with Gasteiger partial charge in [0.15, 0.2) is 0 Å². The van der Waals surface area contributed by atoms with Crippen molar-refractivity contribution in [2.75, 3.05) is 26.2 Å². The second kappa shape index (κ2) is 6.52. The Morgan fingerprint density at radius 3 is 2.42 bits per heavy atom. The van der Waals surface area contributed by atoms with Crippen molar-refractivity contribution < 1.29 is 13.5 Å². The fourth-order valence-electron chi connectivity index (χ4n) is 3.15. The molecule has 112 valence electrons. The monoisotopic (exact) mass is 290 g/mol. The minimum absolute atomic E-state index is 0.174. The summed E-state index contributed by atoms with van der Waals surface area (Å²) in [6.45, 7) is 4.07. The maximum atomic E-state index is 12.2. The van der Waals surface area contributed by atoms with Crippen LogP contribution >= 0.6 is 0 Å². The Labute approximate surface area is 116 Å². The van der Waals surface area contributed by atoms with E-state index >= 15 is 0 Å². The van der Waals surface area contributed by atoms with Gasteiger partial charge in [-0.15, -0.1) is 0 Å². The molecule has 1 heterocycles. The fraction of sp³-hybridized carbons (Fsp3) is 1.00. The molecule has 1 aliphatic carbocycles. The molecule has 0 bridgehead atoms. The zero-order chi connectivity index (χ0) is 13.9. The van der Waals surface area contributed by atoms with Crippen LogP contribution < -0.4 is 4.72 Å². The smallest absolute Gasteiger partial charge is 0.279 e. The zero-order valence-electron chi connectivity index (χ0n) is 11.7. The summed E-state index contributed by atoms with van der Waals surface area (Å²) in [5, 5.41) is 9.26. The molecule has 2 atom stereocenters. The topological polar surface area (TPSA) is 69.6 Å². The Hall–Kier alpha value is -0.170. The van der Waals surface area contributed by atoms with Crippen molar-refractivity contribution in [3.63, 3.8) is 0 Å². The number of piperidine rings is 1. The SMILES string of the molecule is CC1CCN(S(=O)(=O)NCC2CCCC2CO)CC1. The zero-order valence-corrected chi connectivity index (χ0v) is 12.5. The normalized spacial score (nSPS) is 30.8. The van der Waals surface area contributed by atoms with E-state index in [9.17, 15) is 13.5 Å². The molecule has 19 heavy (non-hydrogen) atoms. The largest absolute Gasteiger partial charge is 0.396 e. The van der Waals surface area contributed by atoms with Gasteiger partial charge < -0.3 is 5.11 Å². The molecule has 1 aliphatic heterocycles. The van der Waals surface area contributed by atoms with Gasteiger partial charge in [0.2, 0.25) is 0 Å². The number of nitrogens with one attached hydrogen (secondary N) is 1. The molecule has 2 aliphatic rings. The highest BCUT2D eigenvalue weighted by Gasteiger charge is 2.30. The highest BCUT2D eigenvalue weighted by atomic mass is 32.2. The van der Waals surface area contributed by atoms with Crippen molar-refractivity contribution in [1.82, 2.24) is 9.03 Å². The van der Waals surface area contributed by atoms with E-state index in [1.807, 2.05) is 0 Å². The first-order valence-corrected chi connectivity index (χ1v) is 8.82. The highest BCUT2D eigenvalue weighted by molar-refractivity contribution is 7.87. The van der Waals surface area contributed by atoms with Crippen LogP contribution in [0.25, 0.3) is 0 Å². The minimum atomic E-state index is -3.32. The van der Waals surface area contributed by atoms with Gasteiger partial charge in [-0.1, -0.05) is 13.3 Å². The number of hydrogen-bond acceptors (Lipinski definition) is 3. The molecule has 2 unspecified atom stereocenters. The molecule has 1 saturated heterocycles. The Balaban J connectivity index is 1.84. The van der Waals surface area contributed by atoms with Crippen LogP contribution in [-0.4, -0.2) is 44.1 Å². The first kappa shape index (κ1) is 15.2. The van der Waals surface area contributed by atoms with Gasteiger partial charge in [-0.05, 0) is 43.4 Å². The average molecular weight is 290 g/mol. The van der Waals surface area contributed by atoms with Gasteiger partial charge in [0.1, 0.15) is 0 Å². The average Bonchev–Trinajstić information content (AvgIpc) is 2.84. The Morgan fingerprint density at radius 1 is 1.16 bits per heavy atom. The lowest BCUT2D eigenvalue weighted by Gasteiger charge is -2.30. The summed E-state index contributed by atoms with van der Waals surface area (Å²) in [6.07, 6.45) is 5.03. The predicted octanol–water partition coefficient (Wildman–Crippen LogP) is 0.961. The van der Waals surface area contributed by atoms with Crippen molar-refractivity contribution in [2.24, 2.45) is 17.8 Å². The van der Waals surface area contributed by atoms with Gasteiger partial charge in [0.05, 0.1) is 0 Å². The molecule has 1 saturated carbocycles. The van der Waals surface area contributed by atoms with Crippen molar-refractivity contribution in [3.8, 4) is 0 Å². The van der Waals surface area contributed by atoms with Gasteiger partial charge in [-0.2, -0.15) is 12.7 Å². The van der Waals surface area contributed by atoms with Crippen LogP contribution in [0.2, 0.25) is 0 Å². The molecule has 2 fully saturated rings. The summed E-state index contributed by atoms with van der Waals surface area (Å²) < 4.78 is 28.7. The summed E-state index contributed by atoms with van der Waals surface area (Å²) in [5.74, 6) is 1.19. The van der Waals surface area contributed by atoms with Crippen molar-refractivity contribution in [3.05, 3.63) is 0 Å². The number of aliphatic hydroxyl groups excluding tert-OH is 1. The molecule has 5 nitrogen and oxygen atoms in total. The van der Waals surface area contributed by atoms with Crippen LogP contribution in [0.4, 0.5) is 0 Å². The van der Waals surface area contributed by atoms with Crippen LogP contribution in [0.3, 0.4) is 0 Å². The third-order valence-electron chi connectivity index (χ3n) is 4.66. The number of nitrogens with zero attached hydrogens (tertiary/aromatic N) is 1. The Bertz CT molecular complexity index is 377. The van der Waals surface area contributed by atoms with E-state index in [4.69, 9.17) is 0 Å². The lowest BCUT2D eigenvalue weighted by atomic mass is 9.97. The molecule has 0 amide bonds. The second-order valence-electron chi connectivity index (χ2n) is 6.07. The quantitative estimate of drug-likeness (QED) is 0.792. The standard InChI is InChI=1S/C13H26N2O3S/c1-11-5-7-15(8-6-11)19(17,18)14-9-12-3-2-4-13(12)10-16/h11-14,16H,2-10H2,1H3. The molecule has 2 rings (SSSR count). The number of hydrogen-bond donors (Lipinski definition) is 2. The molecule has 0 spiro atoms. The van der Waals surface area contributed by atoms with Crippen LogP contribution in [0.15, 0.2) is 0 Å². The second-order valence-corrected chi connectivity index (χ2v) is 7.82. The van der Waals surface area contributed by atoms with Crippen LogP contribution in [0.5, 0.6) is 0 Å². The van der Waals surface area contributed by atoms with Gasteiger partial charge in [0, 0.05) is 26.2 Å². The van der Waals surface area contributed by atoms with Crippen molar-refractivity contribution >= 4 is 10.2 Å². The van der Waals surface area contributed by atoms with Gasteiger partial charge in [-0.25, -0.2) is 4.72 Å². The number of rotatable bonds is 5. The maximum absolute atomic E-state index is 12.2. The van der Waals surface area contributed by atoms with E-state index in [-0.39, 0.29) is 12.5 Å². The maximum Gasteiger partial charge on any atom is 0.279 e. The van der Waals surface area contributed by atoms with E-state index < -0.39 is 10.2 Å². The first-order valence-electron chi connectivity index (χ1n) is 7.38. The van der Waals surface area contributed by atoms with E-state index in [1.165, 1.54) is 0 Å². The molecule has 0 aromatic rings. The molecular formula is C13H26N2O3S. The van der Waals surface area contributed by atoms with Crippen LogP contribution in [0, 0.1) is 17.8 Å². The van der Waals surface area contributed by atoms with Gasteiger partial charge in [-0.3, -0.25) is 0 Å². The predicted molar refractivity (Wildman–Crippen MR) is 74.8 cm³/mol. The van der Waals surface area contributed by atoms with Crippen molar-refractivity contribution in [2.45, 2.75) is 39.0 Å². The fourth-order valence-corrected chi connectivity index (χ4v) is 4.45. The van der Waals surface area contributed by atoms with E-state index in [2.05, 4.69) is 11.6 Å². The first-order chi connectivity index (χ1) is 9.03. The van der Waals surface area contributed by atoms with Crippen molar-refractivity contribution in [1.29, 1.82) is 0 Å². The molecule has 6 heteroatoms. The van der Waals surface area contributed by atoms with Crippen LogP contribution in [-0.2, 0) is 10.2 Å². The van der Waals surface area contributed by atoms with Gasteiger partial charge in [0.25, 0.3) is 10.2 Å². The summed E-state index contributed by atoms with van der Waals surface area (Å²) in [6, 6.07) is 0. The summed E-state index contributed by atoms with van der Waals surface area (Å²) in [5.41, 5.74) is 0. The Morgan fingerprint density at radius 2 is 1.79 bits per heavy atom. The summed E-state index contributed by atoms with van der Waals surface area (Å²) in [7, 11) is -3.32. The minimum Gasteiger partial charge on any atom is -0.396 e. The molecular weight excluding hydrogens is 264 g/mol. The summed E-state index contributed by atoms with van der Waals surface area (Å²) >= 11 is 0. The molecule has 0 aromatic heterocycles. The molecule has 2 N–H and O–H groups in total. The highest BCUT2D eigenvalue weighted by Crippen LogP contribution is 2.31. The van der Waals surface area contributed by atoms with E-state index in [1.54, 1.807) is 4.31 Å². The summed E-state index contributed by atoms with van der Waals surface area (Å²) in [4.78, 5) is 0. The van der Waals surface area contributed by atoms with E-state index in [0.29, 0.717) is 31.5 Å². The third kappa shape index (κ3) is 3.90. The molecule has 0 aromatic carbocycles. The lowest BCUT2D eigenvalue weighted by molar-refractivity contribution is 0.194.